The molecule has 2 aromatic heterocycles. The maximum Gasteiger partial charge on any atom is 0.233 e. The molecule has 3 heterocycles. The minimum atomic E-state index is 0.146. The third-order valence-electron chi connectivity index (χ3n) is 5.53. The van der Waals surface area contributed by atoms with Gasteiger partial charge in [0.25, 0.3) is 0 Å². The van der Waals surface area contributed by atoms with E-state index >= 15 is 0 Å². The van der Waals surface area contributed by atoms with Gasteiger partial charge in [0.05, 0.1) is 25.2 Å². The van der Waals surface area contributed by atoms with Crippen LogP contribution in [0.1, 0.15) is 12.8 Å². The van der Waals surface area contributed by atoms with Crippen molar-refractivity contribution in [1.82, 2.24) is 20.3 Å². The van der Waals surface area contributed by atoms with E-state index < -0.39 is 0 Å². The Hall–Kier alpha value is -3.38. The minimum Gasteiger partial charge on any atom is -0.497 e. The zero-order chi connectivity index (χ0) is 20.3. The number of hydrogen-bond acceptors (Lipinski definition) is 5. The first-order valence-electron chi connectivity index (χ1n) is 10.3. The molecular formula is C24H24N4O2. The second-order valence-corrected chi connectivity index (χ2v) is 7.52. The SMILES string of the molecule is COc1ccc(-c2ccc3[nH]cc(-c4cncc(O[C@@H]5CCCNC5)n4)c3c2)cc1. The Morgan fingerprint density at radius 3 is 2.70 bits per heavy atom. The van der Waals surface area contributed by atoms with Gasteiger partial charge >= 0.3 is 0 Å². The highest BCUT2D eigenvalue weighted by Crippen LogP contribution is 2.32. The molecule has 0 aliphatic carbocycles. The smallest absolute Gasteiger partial charge is 0.233 e. The predicted molar refractivity (Wildman–Crippen MR) is 118 cm³/mol. The predicted octanol–water partition coefficient (Wildman–Crippen LogP) is 4.43. The first-order chi connectivity index (χ1) is 14.8. The number of rotatable bonds is 5. The summed E-state index contributed by atoms with van der Waals surface area (Å²) in [5.41, 5.74) is 5.15. The van der Waals surface area contributed by atoms with Crippen LogP contribution in [0.15, 0.2) is 61.1 Å². The van der Waals surface area contributed by atoms with Gasteiger partial charge in [0.2, 0.25) is 5.88 Å². The number of nitrogens with one attached hydrogen (secondary N) is 2. The van der Waals surface area contributed by atoms with Gasteiger partial charge in [-0.25, -0.2) is 4.98 Å². The van der Waals surface area contributed by atoms with Crippen LogP contribution in [0, 0.1) is 0 Å². The van der Waals surface area contributed by atoms with Crippen molar-refractivity contribution in [3.8, 4) is 34.0 Å². The number of ether oxygens (including phenoxy) is 2. The molecule has 6 nitrogen and oxygen atoms in total. The van der Waals surface area contributed by atoms with E-state index in [1.807, 2.05) is 18.3 Å². The van der Waals surface area contributed by atoms with E-state index in [9.17, 15) is 0 Å². The van der Waals surface area contributed by atoms with Crippen LogP contribution in [0.4, 0.5) is 0 Å². The molecule has 4 aromatic rings. The Morgan fingerprint density at radius 2 is 1.90 bits per heavy atom. The van der Waals surface area contributed by atoms with Crippen LogP contribution in [0.25, 0.3) is 33.3 Å². The summed E-state index contributed by atoms with van der Waals surface area (Å²) in [5.74, 6) is 1.42. The van der Waals surface area contributed by atoms with E-state index in [2.05, 4.69) is 45.6 Å². The maximum atomic E-state index is 6.06. The molecule has 2 N–H and O–H groups in total. The molecule has 0 unspecified atom stereocenters. The number of nitrogens with zero attached hydrogens (tertiary/aromatic N) is 2. The van der Waals surface area contributed by atoms with Crippen LogP contribution in [0.2, 0.25) is 0 Å². The molecule has 30 heavy (non-hydrogen) atoms. The van der Waals surface area contributed by atoms with Crippen molar-refractivity contribution in [2.75, 3.05) is 20.2 Å². The highest BCUT2D eigenvalue weighted by molar-refractivity contribution is 5.97. The first-order valence-corrected chi connectivity index (χ1v) is 10.3. The maximum absolute atomic E-state index is 6.06. The summed E-state index contributed by atoms with van der Waals surface area (Å²) in [4.78, 5) is 12.5. The van der Waals surface area contributed by atoms with Gasteiger partial charge in [0.15, 0.2) is 0 Å². The molecule has 0 radical (unpaired) electrons. The Bertz CT molecular complexity index is 1150. The molecule has 152 valence electrons. The van der Waals surface area contributed by atoms with E-state index in [4.69, 9.17) is 14.5 Å². The minimum absolute atomic E-state index is 0.146. The molecule has 2 aromatic carbocycles. The molecule has 0 bridgehead atoms. The topological polar surface area (TPSA) is 72.1 Å². The van der Waals surface area contributed by atoms with Crippen molar-refractivity contribution >= 4 is 10.9 Å². The number of aromatic amines is 1. The zero-order valence-electron chi connectivity index (χ0n) is 16.9. The number of fused-ring (bicyclic) bond motifs is 1. The highest BCUT2D eigenvalue weighted by Gasteiger charge is 2.16. The van der Waals surface area contributed by atoms with Gasteiger partial charge in [-0.2, -0.15) is 0 Å². The van der Waals surface area contributed by atoms with Gasteiger partial charge in [0.1, 0.15) is 11.9 Å². The fourth-order valence-electron chi connectivity index (χ4n) is 3.92. The van der Waals surface area contributed by atoms with Crippen LogP contribution < -0.4 is 14.8 Å². The summed E-state index contributed by atoms with van der Waals surface area (Å²) in [5, 5.41) is 4.47. The van der Waals surface area contributed by atoms with Gasteiger partial charge in [-0.15, -0.1) is 0 Å². The van der Waals surface area contributed by atoms with Gasteiger partial charge < -0.3 is 19.8 Å². The summed E-state index contributed by atoms with van der Waals surface area (Å²) in [6.07, 6.45) is 7.77. The fourth-order valence-corrected chi connectivity index (χ4v) is 3.92. The summed E-state index contributed by atoms with van der Waals surface area (Å²) in [6, 6.07) is 14.5. The van der Waals surface area contributed by atoms with Gasteiger partial charge in [-0.1, -0.05) is 18.2 Å². The molecule has 1 aliphatic heterocycles. The largest absolute Gasteiger partial charge is 0.497 e. The van der Waals surface area contributed by atoms with Crippen molar-refractivity contribution in [1.29, 1.82) is 0 Å². The van der Waals surface area contributed by atoms with E-state index in [0.717, 1.165) is 65.0 Å². The molecule has 5 rings (SSSR count). The van der Waals surface area contributed by atoms with Gasteiger partial charge in [-0.05, 0) is 54.8 Å². The summed E-state index contributed by atoms with van der Waals surface area (Å²) in [6.45, 7) is 1.90. The van der Waals surface area contributed by atoms with E-state index in [1.165, 1.54) is 0 Å². The van der Waals surface area contributed by atoms with Crippen molar-refractivity contribution in [2.45, 2.75) is 18.9 Å². The zero-order valence-corrected chi connectivity index (χ0v) is 16.9. The monoisotopic (exact) mass is 400 g/mol. The standard InChI is InChI=1S/C24H24N4O2/c1-29-18-7-4-16(5-8-18)17-6-9-22-20(11-17)21(13-27-22)23-14-26-15-24(28-23)30-19-3-2-10-25-12-19/h4-9,11,13-15,19,25,27H,2-3,10,12H2,1H3/t19-/m1/s1. The summed E-state index contributed by atoms with van der Waals surface area (Å²) in [7, 11) is 1.68. The van der Waals surface area contributed by atoms with Crippen molar-refractivity contribution < 1.29 is 9.47 Å². The Morgan fingerprint density at radius 1 is 1.03 bits per heavy atom. The number of aromatic nitrogens is 3. The van der Waals surface area contributed by atoms with Gasteiger partial charge in [0, 0.05) is 29.2 Å². The number of piperidine rings is 1. The van der Waals surface area contributed by atoms with Crippen molar-refractivity contribution in [3.63, 3.8) is 0 Å². The molecular weight excluding hydrogens is 376 g/mol. The van der Waals surface area contributed by atoms with Crippen molar-refractivity contribution in [3.05, 3.63) is 61.1 Å². The second kappa shape index (κ2) is 8.16. The highest BCUT2D eigenvalue weighted by atomic mass is 16.5. The van der Waals surface area contributed by atoms with Crippen molar-refractivity contribution in [2.24, 2.45) is 0 Å². The molecule has 1 saturated heterocycles. The van der Waals surface area contributed by atoms with E-state index in [-0.39, 0.29) is 6.10 Å². The number of hydrogen-bond donors (Lipinski definition) is 2. The summed E-state index contributed by atoms with van der Waals surface area (Å²) >= 11 is 0. The van der Waals surface area contributed by atoms with Crippen LogP contribution >= 0.6 is 0 Å². The third-order valence-corrected chi connectivity index (χ3v) is 5.53. The Balaban J connectivity index is 1.47. The second-order valence-electron chi connectivity index (χ2n) is 7.52. The number of methoxy groups -OCH3 is 1. The van der Waals surface area contributed by atoms with Crippen LogP contribution in [0.3, 0.4) is 0 Å². The summed E-state index contributed by atoms with van der Waals surface area (Å²) < 4.78 is 11.3. The normalized spacial score (nSPS) is 16.5. The number of H-pyrrole nitrogens is 1. The average Bonchev–Trinajstić information content (AvgIpc) is 3.23. The fraction of sp³-hybridized carbons (Fsp3) is 0.250. The molecule has 0 saturated carbocycles. The molecule has 1 aliphatic rings. The Labute approximate surface area is 175 Å². The molecule has 1 atom stereocenters. The number of benzene rings is 2. The molecule has 1 fully saturated rings. The van der Waals surface area contributed by atoms with E-state index in [1.54, 1.807) is 19.5 Å². The van der Waals surface area contributed by atoms with Gasteiger partial charge in [-0.3, -0.25) is 4.98 Å². The van der Waals surface area contributed by atoms with Crippen LogP contribution in [0.5, 0.6) is 11.6 Å². The Kier molecular flexibility index (Phi) is 5.07. The first kappa shape index (κ1) is 18.6. The lowest BCUT2D eigenvalue weighted by Gasteiger charge is -2.23. The molecule has 0 spiro atoms. The lowest BCUT2D eigenvalue weighted by atomic mass is 10.0. The average molecular weight is 400 g/mol. The van der Waals surface area contributed by atoms with Crippen LogP contribution in [-0.4, -0.2) is 41.3 Å². The van der Waals surface area contributed by atoms with Crippen LogP contribution in [-0.2, 0) is 0 Å². The molecule has 6 heteroatoms. The third kappa shape index (κ3) is 3.74. The van der Waals surface area contributed by atoms with E-state index in [0.29, 0.717) is 5.88 Å². The lowest BCUT2D eigenvalue weighted by molar-refractivity contribution is 0.160. The quantitative estimate of drug-likeness (QED) is 0.518. The lowest BCUT2D eigenvalue weighted by Crippen LogP contribution is -2.37. The molecule has 0 amide bonds.